The molecule has 0 bridgehead atoms. The van der Waals surface area contributed by atoms with Crippen LogP contribution in [0.1, 0.15) is 36.0 Å². The van der Waals surface area contributed by atoms with Gasteiger partial charge in [0.25, 0.3) is 5.91 Å². The fourth-order valence-electron chi connectivity index (χ4n) is 2.33. The van der Waals surface area contributed by atoms with Crippen LogP contribution >= 0.6 is 23.2 Å². The summed E-state index contributed by atoms with van der Waals surface area (Å²) in [6.45, 7) is 0. The van der Waals surface area contributed by atoms with Gasteiger partial charge in [-0.3, -0.25) is 4.79 Å². The van der Waals surface area contributed by atoms with E-state index in [1.165, 1.54) is 0 Å². The molecule has 5 nitrogen and oxygen atoms in total. The number of carbonyl (C=O) groups is 1. The second-order valence-electron chi connectivity index (χ2n) is 4.86. The maximum Gasteiger partial charge on any atom is 0.253 e. The fraction of sp³-hybridized carbons (Fsp3) is 0.417. The largest absolute Gasteiger partial charge is 0.349 e. The van der Waals surface area contributed by atoms with Crippen LogP contribution in [-0.2, 0) is 10.0 Å². The van der Waals surface area contributed by atoms with Crippen LogP contribution in [0, 0.1) is 5.82 Å². The molecule has 9 heteroatoms. The van der Waals surface area contributed by atoms with Crippen LogP contribution in [-0.4, -0.2) is 20.4 Å². The first-order chi connectivity index (χ1) is 9.71. The van der Waals surface area contributed by atoms with Gasteiger partial charge in [-0.25, -0.2) is 17.9 Å². The molecular weight excluding hydrogens is 342 g/mol. The molecule has 1 saturated carbocycles. The van der Waals surface area contributed by atoms with Crippen molar-refractivity contribution in [1.29, 1.82) is 0 Å². The highest BCUT2D eigenvalue weighted by molar-refractivity contribution is 7.89. The van der Waals surface area contributed by atoms with E-state index in [9.17, 15) is 17.6 Å². The molecule has 3 N–H and O–H groups in total. The number of sulfonamides is 1. The van der Waals surface area contributed by atoms with E-state index in [2.05, 4.69) is 5.32 Å². The van der Waals surface area contributed by atoms with Crippen LogP contribution in [0.2, 0.25) is 10.0 Å². The van der Waals surface area contributed by atoms with E-state index in [0.717, 1.165) is 31.7 Å². The third-order valence-electron chi connectivity index (χ3n) is 3.34. The summed E-state index contributed by atoms with van der Waals surface area (Å²) in [5, 5.41) is 6.46. The van der Waals surface area contributed by atoms with E-state index in [0.29, 0.717) is 0 Å². The van der Waals surface area contributed by atoms with Crippen molar-refractivity contribution in [3.05, 3.63) is 27.5 Å². The van der Waals surface area contributed by atoms with Gasteiger partial charge in [-0.2, -0.15) is 0 Å². The first kappa shape index (κ1) is 16.5. The molecule has 0 atom stereocenters. The Morgan fingerprint density at radius 3 is 2.38 bits per heavy atom. The highest BCUT2D eigenvalue weighted by Crippen LogP contribution is 2.34. The predicted molar refractivity (Wildman–Crippen MR) is 77.5 cm³/mol. The Bertz CT molecular complexity index is 688. The van der Waals surface area contributed by atoms with Gasteiger partial charge in [0.15, 0.2) is 0 Å². The Labute approximate surface area is 131 Å². The minimum absolute atomic E-state index is 0.0229. The topological polar surface area (TPSA) is 89.3 Å². The van der Waals surface area contributed by atoms with Crippen molar-refractivity contribution >= 4 is 39.1 Å². The zero-order chi connectivity index (χ0) is 15.8. The Morgan fingerprint density at radius 1 is 1.29 bits per heavy atom. The summed E-state index contributed by atoms with van der Waals surface area (Å²) in [6.07, 6.45) is 3.63. The van der Waals surface area contributed by atoms with Gasteiger partial charge in [0.2, 0.25) is 10.0 Å². The lowest BCUT2D eigenvalue weighted by atomic mass is 10.1. The highest BCUT2D eigenvalue weighted by atomic mass is 35.5. The molecule has 1 aromatic rings. The molecular formula is C12H13Cl2FN2O3S. The highest BCUT2D eigenvalue weighted by Gasteiger charge is 2.27. The first-order valence-electron chi connectivity index (χ1n) is 6.23. The molecule has 0 unspecified atom stereocenters. The summed E-state index contributed by atoms with van der Waals surface area (Å²) >= 11 is 11.5. The molecule has 2 rings (SSSR count). The second kappa shape index (κ2) is 6.08. The molecule has 0 heterocycles. The van der Waals surface area contributed by atoms with Crippen molar-refractivity contribution in [3.63, 3.8) is 0 Å². The summed E-state index contributed by atoms with van der Waals surface area (Å²) < 4.78 is 36.6. The van der Waals surface area contributed by atoms with Crippen LogP contribution in [0.15, 0.2) is 11.0 Å². The zero-order valence-electron chi connectivity index (χ0n) is 10.8. The number of carbonyl (C=O) groups excluding carboxylic acids is 1. The van der Waals surface area contributed by atoms with Gasteiger partial charge in [-0.15, -0.1) is 0 Å². The van der Waals surface area contributed by atoms with Crippen LogP contribution in [0.25, 0.3) is 0 Å². The molecule has 1 fully saturated rings. The fourth-order valence-corrected chi connectivity index (χ4v) is 4.11. The Balaban J connectivity index is 2.44. The minimum atomic E-state index is -4.35. The van der Waals surface area contributed by atoms with Gasteiger partial charge in [0.05, 0.1) is 15.6 Å². The average Bonchev–Trinajstić information content (AvgIpc) is 2.85. The maximum absolute atomic E-state index is 13.7. The van der Waals surface area contributed by atoms with Crippen LogP contribution in [0.5, 0.6) is 0 Å². The standard InChI is InChI=1S/C12H13Cl2FN2O3S/c13-9-7(12(18)17-6-3-1-2-4-6)5-8(15)10(14)11(9)21(16,19)20/h5-6H,1-4H2,(H,17,18)(H2,16,19,20). The van der Waals surface area contributed by atoms with Crippen LogP contribution < -0.4 is 10.5 Å². The van der Waals surface area contributed by atoms with Gasteiger partial charge in [-0.05, 0) is 18.9 Å². The smallest absolute Gasteiger partial charge is 0.253 e. The van der Waals surface area contributed by atoms with Gasteiger partial charge in [-0.1, -0.05) is 36.0 Å². The number of amides is 1. The van der Waals surface area contributed by atoms with Crippen molar-refractivity contribution in [2.75, 3.05) is 0 Å². The molecule has 1 aliphatic carbocycles. The second-order valence-corrected chi connectivity index (χ2v) is 7.12. The molecule has 0 aromatic heterocycles. The average molecular weight is 355 g/mol. The summed E-state index contributed by atoms with van der Waals surface area (Å²) in [5.41, 5.74) is -0.297. The number of hydrogen-bond donors (Lipinski definition) is 2. The molecule has 0 saturated heterocycles. The number of hydrogen-bond acceptors (Lipinski definition) is 3. The van der Waals surface area contributed by atoms with Crippen LogP contribution in [0.3, 0.4) is 0 Å². The number of nitrogens with one attached hydrogen (secondary N) is 1. The molecule has 1 aliphatic rings. The monoisotopic (exact) mass is 354 g/mol. The Hall–Kier alpha value is -0.890. The van der Waals surface area contributed by atoms with Crippen molar-refractivity contribution < 1.29 is 17.6 Å². The van der Waals surface area contributed by atoms with E-state index < -0.39 is 36.7 Å². The molecule has 1 aromatic carbocycles. The lowest BCUT2D eigenvalue weighted by Gasteiger charge is -2.15. The molecule has 0 aliphatic heterocycles. The Morgan fingerprint density at radius 2 is 1.86 bits per heavy atom. The normalized spacial score (nSPS) is 16.2. The van der Waals surface area contributed by atoms with Crippen molar-refractivity contribution in [3.8, 4) is 0 Å². The lowest BCUT2D eigenvalue weighted by Crippen LogP contribution is -2.33. The summed E-state index contributed by atoms with van der Waals surface area (Å²) in [4.78, 5) is 11.3. The third kappa shape index (κ3) is 3.48. The van der Waals surface area contributed by atoms with Gasteiger partial charge in [0, 0.05) is 6.04 Å². The van der Waals surface area contributed by atoms with E-state index in [4.69, 9.17) is 28.3 Å². The SMILES string of the molecule is NS(=O)(=O)c1c(Cl)c(F)cc(C(=O)NC2CCCC2)c1Cl. The first-order valence-corrected chi connectivity index (χ1v) is 8.53. The van der Waals surface area contributed by atoms with Crippen molar-refractivity contribution in [2.24, 2.45) is 5.14 Å². The maximum atomic E-state index is 13.7. The number of halogens is 3. The quantitative estimate of drug-likeness (QED) is 0.817. The summed E-state index contributed by atoms with van der Waals surface area (Å²) in [6, 6.07) is 0.786. The van der Waals surface area contributed by atoms with E-state index >= 15 is 0 Å². The van der Waals surface area contributed by atoms with E-state index in [1.807, 2.05) is 0 Å². The van der Waals surface area contributed by atoms with E-state index in [-0.39, 0.29) is 11.6 Å². The van der Waals surface area contributed by atoms with Crippen molar-refractivity contribution in [2.45, 2.75) is 36.6 Å². The van der Waals surface area contributed by atoms with E-state index in [1.54, 1.807) is 0 Å². The summed E-state index contributed by atoms with van der Waals surface area (Å²) in [5.74, 6) is -1.71. The molecule has 0 radical (unpaired) electrons. The molecule has 116 valence electrons. The van der Waals surface area contributed by atoms with Gasteiger partial charge in [0.1, 0.15) is 10.7 Å². The minimum Gasteiger partial charge on any atom is -0.349 e. The number of nitrogens with two attached hydrogens (primary N) is 1. The zero-order valence-corrected chi connectivity index (χ0v) is 13.2. The van der Waals surface area contributed by atoms with Gasteiger partial charge >= 0.3 is 0 Å². The molecule has 21 heavy (non-hydrogen) atoms. The molecule has 0 spiro atoms. The van der Waals surface area contributed by atoms with Crippen molar-refractivity contribution in [1.82, 2.24) is 5.32 Å². The Kier molecular flexibility index (Phi) is 4.77. The number of benzene rings is 1. The number of primary sulfonamides is 1. The summed E-state index contributed by atoms with van der Waals surface area (Å²) in [7, 11) is -4.35. The van der Waals surface area contributed by atoms with Crippen LogP contribution in [0.4, 0.5) is 4.39 Å². The molecule has 1 amide bonds. The number of rotatable bonds is 3. The lowest BCUT2D eigenvalue weighted by molar-refractivity contribution is 0.0937. The third-order valence-corrected chi connectivity index (χ3v) is 5.30. The predicted octanol–water partition coefficient (Wildman–Crippen LogP) is 2.45. The van der Waals surface area contributed by atoms with Gasteiger partial charge < -0.3 is 5.32 Å².